The van der Waals surface area contributed by atoms with Crippen molar-refractivity contribution in [2.45, 2.75) is 32.9 Å². The molecule has 0 saturated carbocycles. The highest BCUT2D eigenvalue weighted by Crippen LogP contribution is 2.33. The molecule has 25 heavy (non-hydrogen) atoms. The maximum atomic E-state index is 12.5. The number of hydrogen-bond acceptors (Lipinski definition) is 4. The lowest BCUT2D eigenvalue weighted by Gasteiger charge is -2.33. The Balaban J connectivity index is 1.65. The van der Waals surface area contributed by atoms with Gasteiger partial charge < -0.3 is 14.5 Å². The summed E-state index contributed by atoms with van der Waals surface area (Å²) in [4.78, 5) is 29.5. The van der Waals surface area contributed by atoms with Gasteiger partial charge in [0.15, 0.2) is 6.10 Å². The minimum absolute atomic E-state index is 0.0252. The van der Waals surface area contributed by atoms with Gasteiger partial charge in [-0.2, -0.15) is 0 Å². The molecule has 0 fully saturated rings. The molecule has 1 aromatic heterocycles. The first-order chi connectivity index (χ1) is 12.0. The van der Waals surface area contributed by atoms with Crippen LogP contribution in [0.5, 0.6) is 5.75 Å². The van der Waals surface area contributed by atoms with E-state index in [1.807, 2.05) is 29.6 Å². The summed E-state index contributed by atoms with van der Waals surface area (Å²) in [6, 6.07) is 9.50. The first-order valence-corrected chi connectivity index (χ1v) is 9.19. The number of carbonyl (C=O) groups excluding carboxylic acids is 2. The van der Waals surface area contributed by atoms with Gasteiger partial charge >= 0.3 is 0 Å². The fourth-order valence-corrected chi connectivity index (χ4v) is 3.82. The monoisotopic (exact) mass is 358 g/mol. The fraction of sp³-hybridized carbons (Fsp3) is 0.368. The van der Waals surface area contributed by atoms with Crippen LogP contribution in [0.15, 0.2) is 35.7 Å². The second kappa shape index (κ2) is 7.27. The first-order valence-electron chi connectivity index (χ1n) is 8.31. The first kappa shape index (κ1) is 17.5. The number of thiophene rings is 1. The van der Waals surface area contributed by atoms with Crippen LogP contribution in [0.4, 0.5) is 5.69 Å². The molecule has 0 bridgehead atoms. The van der Waals surface area contributed by atoms with Crippen molar-refractivity contribution in [2.75, 3.05) is 18.5 Å². The number of para-hydroxylation sites is 2. The Labute approximate surface area is 151 Å². The van der Waals surface area contributed by atoms with Crippen LogP contribution in [0.2, 0.25) is 0 Å². The highest BCUT2D eigenvalue weighted by atomic mass is 32.1. The Hall–Kier alpha value is -2.34. The zero-order valence-electron chi connectivity index (χ0n) is 14.7. The van der Waals surface area contributed by atoms with Gasteiger partial charge in [-0.15, -0.1) is 11.3 Å². The lowest BCUT2D eigenvalue weighted by Crippen LogP contribution is -2.45. The number of carbonyl (C=O) groups is 2. The van der Waals surface area contributed by atoms with E-state index in [9.17, 15) is 9.59 Å². The lowest BCUT2D eigenvalue weighted by atomic mass is 10.1. The molecular weight excluding hydrogens is 336 g/mol. The van der Waals surface area contributed by atoms with Crippen molar-refractivity contribution in [3.8, 4) is 5.75 Å². The van der Waals surface area contributed by atoms with Crippen LogP contribution in [-0.2, 0) is 16.1 Å². The predicted molar refractivity (Wildman–Crippen MR) is 99.0 cm³/mol. The van der Waals surface area contributed by atoms with Crippen LogP contribution >= 0.6 is 11.3 Å². The zero-order valence-corrected chi connectivity index (χ0v) is 15.5. The number of hydrogen-bond donors (Lipinski definition) is 0. The normalized spacial score (nSPS) is 16.4. The van der Waals surface area contributed by atoms with E-state index >= 15 is 0 Å². The Morgan fingerprint density at radius 1 is 1.32 bits per heavy atom. The Bertz CT molecular complexity index is 786. The highest BCUT2D eigenvalue weighted by Gasteiger charge is 2.31. The van der Waals surface area contributed by atoms with Gasteiger partial charge in [-0.3, -0.25) is 9.59 Å². The minimum Gasteiger partial charge on any atom is -0.479 e. The number of amides is 2. The second-order valence-corrected chi connectivity index (χ2v) is 7.24. The fourth-order valence-electron chi connectivity index (χ4n) is 2.86. The summed E-state index contributed by atoms with van der Waals surface area (Å²) in [5, 5.41) is 2.04. The van der Waals surface area contributed by atoms with Gasteiger partial charge in [0.05, 0.1) is 12.2 Å². The molecule has 1 atom stereocenters. The molecule has 0 N–H and O–H groups in total. The van der Waals surface area contributed by atoms with E-state index in [0.29, 0.717) is 18.8 Å². The molecule has 5 nitrogen and oxygen atoms in total. The summed E-state index contributed by atoms with van der Waals surface area (Å²) >= 11 is 1.66. The van der Waals surface area contributed by atoms with Crippen molar-refractivity contribution in [3.63, 3.8) is 0 Å². The van der Waals surface area contributed by atoms with E-state index in [1.165, 1.54) is 10.4 Å². The average molecular weight is 358 g/mol. The summed E-state index contributed by atoms with van der Waals surface area (Å²) in [5.74, 6) is 0.602. The van der Waals surface area contributed by atoms with Gasteiger partial charge in [-0.25, -0.2) is 0 Å². The van der Waals surface area contributed by atoms with Gasteiger partial charge in [0.25, 0.3) is 5.91 Å². The van der Waals surface area contributed by atoms with Gasteiger partial charge in [0.1, 0.15) is 5.75 Å². The maximum Gasteiger partial charge on any atom is 0.267 e. The molecule has 0 spiro atoms. The average Bonchev–Trinajstić information content (AvgIpc) is 3.00. The van der Waals surface area contributed by atoms with Crippen molar-refractivity contribution >= 4 is 28.8 Å². The number of ether oxygens (including phenoxy) is 1. The van der Waals surface area contributed by atoms with Crippen LogP contribution in [-0.4, -0.2) is 36.4 Å². The quantitative estimate of drug-likeness (QED) is 0.825. The lowest BCUT2D eigenvalue weighted by molar-refractivity contribution is -0.130. The van der Waals surface area contributed by atoms with Crippen molar-refractivity contribution < 1.29 is 14.3 Å². The molecule has 1 unspecified atom stereocenters. The van der Waals surface area contributed by atoms with Crippen molar-refractivity contribution in [1.29, 1.82) is 0 Å². The van der Waals surface area contributed by atoms with Gasteiger partial charge in [0.2, 0.25) is 5.91 Å². The van der Waals surface area contributed by atoms with Crippen LogP contribution in [0, 0.1) is 6.92 Å². The van der Waals surface area contributed by atoms with E-state index in [-0.39, 0.29) is 18.2 Å². The molecule has 2 aromatic rings. The molecule has 1 aliphatic heterocycles. The standard InChI is InChI=1S/C19H22N2O3S/c1-13-9-11-25-17(13)12-20(3)18(22)8-10-21-15-6-4-5-7-16(15)24-14(2)19(21)23/h4-7,9,11,14H,8,10,12H2,1-3H3. The topological polar surface area (TPSA) is 49.9 Å². The Morgan fingerprint density at radius 2 is 2.08 bits per heavy atom. The van der Waals surface area contributed by atoms with Gasteiger partial charge in [0, 0.05) is 24.9 Å². The molecule has 6 heteroatoms. The third-order valence-corrected chi connectivity index (χ3v) is 5.41. The van der Waals surface area contributed by atoms with E-state index in [4.69, 9.17) is 4.74 Å². The molecule has 0 aliphatic carbocycles. The minimum atomic E-state index is -0.531. The summed E-state index contributed by atoms with van der Waals surface area (Å²) in [7, 11) is 1.80. The third kappa shape index (κ3) is 3.69. The summed E-state index contributed by atoms with van der Waals surface area (Å²) in [6.07, 6.45) is -0.246. The Morgan fingerprint density at radius 3 is 2.80 bits per heavy atom. The van der Waals surface area contributed by atoms with Gasteiger partial charge in [-0.05, 0) is 43.0 Å². The third-order valence-electron chi connectivity index (χ3n) is 4.40. The van der Waals surface area contributed by atoms with Crippen molar-refractivity contribution in [3.05, 3.63) is 46.2 Å². The number of nitrogens with zero attached hydrogens (tertiary/aromatic N) is 2. The van der Waals surface area contributed by atoms with Crippen LogP contribution in [0.25, 0.3) is 0 Å². The van der Waals surface area contributed by atoms with Crippen LogP contribution in [0.1, 0.15) is 23.8 Å². The Kier molecular flexibility index (Phi) is 5.08. The number of fused-ring (bicyclic) bond motifs is 1. The van der Waals surface area contributed by atoms with Crippen LogP contribution in [0.3, 0.4) is 0 Å². The molecule has 2 amide bonds. The number of benzene rings is 1. The van der Waals surface area contributed by atoms with E-state index in [0.717, 1.165) is 5.69 Å². The largest absolute Gasteiger partial charge is 0.479 e. The molecule has 3 rings (SSSR count). The van der Waals surface area contributed by atoms with E-state index in [2.05, 4.69) is 13.0 Å². The molecule has 2 heterocycles. The number of rotatable bonds is 5. The summed E-state index contributed by atoms with van der Waals surface area (Å²) in [6.45, 7) is 4.75. The van der Waals surface area contributed by atoms with Crippen molar-refractivity contribution in [1.82, 2.24) is 4.90 Å². The summed E-state index contributed by atoms with van der Waals surface area (Å²) in [5.41, 5.74) is 1.94. The SMILES string of the molecule is Cc1ccsc1CN(C)C(=O)CCN1C(=O)C(C)Oc2ccccc21. The number of anilines is 1. The molecule has 1 aliphatic rings. The summed E-state index contributed by atoms with van der Waals surface area (Å²) < 4.78 is 5.63. The molecule has 0 saturated heterocycles. The second-order valence-electron chi connectivity index (χ2n) is 6.24. The number of aryl methyl sites for hydroxylation is 1. The molecule has 1 aromatic carbocycles. The van der Waals surface area contributed by atoms with Crippen LogP contribution < -0.4 is 9.64 Å². The smallest absolute Gasteiger partial charge is 0.267 e. The molecule has 0 radical (unpaired) electrons. The molecular formula is C19H22N2O3S. The van der Waals surface area contributed by atoms with E-state index in [1.54, 1.807) is 35.1 Å². The predicted octanol–water partition coefficient (Wildman–Crippen LogP) is 3.22. The highest BCUT2D eigenvalue weighted by molar-refractivity contribution is 7.10. The zero-order chi connectivity index (χ0) is 18.0. The van der Waals surface area contributed by atoms with Crippen molar-refractivity contribution in [2.24, 2.45) is 0 Å². The molecule has 132 valence electrons. The maximum absolute atomic E-state index is 12.5. The van der Waals surface area contributed by atoms with E-state index < -0.39 is 6.10 Å². The van der Waals surface area contributed by atoms with Gasteiger partial charge in [-0.1, -0.05) is 12.1 Å².